The van der Waals surface area contributed by atoms with Crippen molar-refractivity contribution in [1.29, 1.82) is 0 Å². The third kappa shape index (κ3) is 6.28. The summed E-state index contributed by atoms with van der Waals surface area (Å²) in [6, 6.07) is 25.4. The van der Waals surface area contributed by atoms with Crippen LogP contribution in [-0.4, -0.2) is 42.0 Å². The van der Waals surface area contributed by atoms with Crippen LogP contribution in [0.15, 0.2) is 85.1 Å². The molecule has 4 rings (SSSR count). The first kappa shape index (κ1) is 25.8. The molecule has 0 aliphatic heterocycles. The second-order valence-electron chi connectivity index (χ2n) is 9.19. The van der Waals surface area contributed by atoms with Gasteiger partial charge in [0.15, 0.2) is 0 Å². The van der Waals surface area contributed by atoms with Crippen molar-refractivity contribution in [2.45, 2.75) is 27.0 Å². The Morgan fingerprint density at radius 2 is 1.54 bits per heavy atom. The quantitative estimate of drug-likeness (QED) is 0.281. The summed E-state index contributed by atoms with van der Waals surface area (Å²) in [5, 5.41) is 0. The molecule has 0 N–H and O–H groups in total. The van der Waals surface area contributed by atoms with Gasteiger partial charge >= 0.3 is 5.97 Å². The molecule has 1 heterocycles. The molecule has 1 aromatic heterocycles. The minimum Gasteiger partial charge on any atom is -0.497 e. The second-order valence-corrected chi connectivity index (χ2v) is 9.19. The number of benzene rings is 3. The van der Waals surface area contributed by atoms with Gasteiger partial charge in [0.1, 0.15) is 24.6 Å². The number of amides is 1. The summed E-state index contributed by atoms with van der Waals surface area (Å²) in [7, 11) is 3.26. The zero-order valence-corrected chi connectivity index (χ0v) is 21.7. The van der Waals surface area contributed by atoms with E-state index in [0.29, 0.717) is 12.2 Å². The Morgan fingerprint density at radius 1 is 0.865 bits per heavy atom. The van der Waals surface area contributed by atoms with Gasteiger partial charge in [-0.25, -0.2) is 0 Å². The van der Waals surface area contributed by atoms with E-state index in [1.54, 1.807) is 14.2 Å². The first-order valence-corrected chi connectivity index (χ1v) is 12.2. The Kier molecular flexibility index (Phi) is 8.08. The summed E-state index contributed by atoms with van der Waals surface area (Å²) in [5.74, 6) is 0.0771. The Balaban J connectivity index is 1.61. The summed E-state index contributed by atoms with van der Waals surface area (Å²) in [6.45, 7) is 4.57. The van der Waals surface area contributed by atoms with Gasteiger partial charge in [-0.15, -0.1) is 0 Å². The topological polar surface area (TPSA) is 60.8 Å². The maximum Gasteiger partial charge on any atom is 0.325 e. The van der Waals surface area contributed by atoms with Crippen LogP contribution in [0, 0.1) is 13.8 Å². The van der Waals surface area contributed by atoms with Gasteiger partial charge in [0.05, 0.1) is 7.11 Å². The Labute approximate surface area is 218 Å². The smallest absolute Gasteiger partial charge is 0.325 e. The minimum absolute atomic E-state index is 0.147. The number of ether oxygens (including phenoxy) is 2. The molecule has 0 saturated carbocycles. The minimum atomic E-state index is -0.457. The fraction of sp³-hybridized carbons (Fsp3) is 0.226. The van der Waals surface area contributed by atoms with Gasteiger partial charge in [0.25, 0.3) is 5.91 Å². The SMILES string of the molecule is COc1ccc(Cn2cc(C)c(-c3ccc(C)cc3)c2C(=O)N(C)CC(=O)OCc2ccccc2)cc1. The van der Waals surface area contributed by atoms with Crippen LogP contribution >= 0.6 is 0 Å². The number of aryl methyl sites for hydroxylation is 2. The molecule has 6 nitrogen and oxygen atoms in total. The highest BCUT2D eigenvalue weighted by molar-refractivity contribution is 6.01. The number of methoxy groups -OCH3 is 1. The van der Waals surface area contributed by atoms with Crippen molar-refractivity contribution < 1.29 is 19.1 Å². The molecule has 0 radical (unpaired) electrons. The van der Waals surface area contributed by atoms with E-state index in [9.17, 15) is 9.59 Å². The molecular formula is C31H32N2O4. The predicted molar refractivity (Wildman–Crippen MR) is 145 cm³/mol. The lowest BCUT2D eigenvalue weighted by Gasteiger charge is -2.19. The molecule has 0 aliphatic carbocycles. The number of hydrogen-bond donors (Lipinski definition) is 0. The summed E-state index contributed by atoms with van der Waals surface area (Å²) < 4.78 is 12.7. The van der Waals surface area contributed by atoms with Crippen LogP contribution in [0.2, 0.25) is 0 Å². The monoisotopic (exact) mass is 496 g/mol. The second kappa shape index (κ2) is 11.6. The molecular weight excluding hydrogens is 464 g/mol. The van der Waals surface area contributed by atoms with Crippen LogP contribution in [0.4, 0.5) is 0 Å². The number of carbonyl (C=O) groups is 2. The Morgan fingerprint density at radius 3 is 2.19 bits per heavy atom. The maximum absolute atomic E-state index is 13.8. The van der Waals surface area contributed by atoms with Crippen molar-refractivity contribution >= 4 is 11.9 Å². The van der Waals surface area contributed by atoms with Gasteiger partial charge in [-0.2, -0.15) is 0 Å². The molecule has 4 aromatic rings. The van der Waals surface area contributed by atoms with E-state index in [1.165, 1.54) is 4.90 Å². The number of esters is 1. The predicted octanol–water partition coefficient (Wildman–Crippen LogP) is 5.64. The van der Waals surface area contributed by atoms with Gasteiger partial charge in [-0.05, 0) is 48.2 Å². The van der Waals surface area contributed by atoms with E-state index in [4.69, 9.17) is 9.47 Å². The van der Waals surface area contributed by atoms with E-state index in [2.05, 4.69) is 0 Å². The van der Waals surface area contributed by atoms with Gasteiger partial charge in [-0.1, -0.05) is 72.3 Å². The number of hydrogen-bond acceptors (Lipinski definition) is 4. The highest BCUT2D eigenvalue weighted by Gasteiger charge is 2.25. The van der Waals surface area contributed by atoms with Crippen LogP contribution in [0.25, 0.3) is 11.1 Å². The van der Waals surface area contributed by atoms with Gasteiger partial charge in [0.2, 0.25) is 0 Å². The first-order valence-electron chi connectivity index (χ1n) is 12.2. The summed E-state index contributed by atoms with van der Waals surface area (Å²) in [4.78, 5) is 27.8. The highest BCUT2D eigenvalue weighted by atomic mass is 16.5. The molecule has 37 heavy (non-hydrogen) atoms. The zero-order chi connectivity index (χ0) is 26.4. The van der Waals surface area contributed by atoms with Crippen molar-refractivity contribution in [3.05, 3.63) is 113 Å². The van der Waals surface area contributed by atoms with E-state index < -0.39 is 5.97 Å². The normalized spacial score (nSPS) is 10.7. The third-order valence-corrected chi connectivity index (χ3v) is 6.28. The molecule has 0 unspecified atom stereocenters. The number of rotatable bonds is 9. The van der Waals surface area contributed by atoms with Gasteiger partial charge < -0.3 is 18.9 Å². The van der Waals surface area contributed by atoms with Crippen LogP contribution in [-0.2, 0) is 22.7 Å². The standard InChI is InChI=1S/C31H32N2O4/c1-22-10-14-26(15-11-22)29-23(2)18-33(19-24-12-16-27(36-4)17-13-24)30(29)31(35)32(3)20-28(34)37-21-25-8-6-5-7-9-25/h5-18H,19-21H2,1-4H3. The summed E-state index contributed by atoms with van der Waals surface area (Å²) >= 11 is 0. The average molecular weight is 497 g/mol. The summed E-state index contributed by atoms with van der Waals surface area (Å²) in [6.07, 6.45) is 1.99. The Bertz CT molecular complexity index is 1360. The molecule has 0 atom stereocenters. The van der Waals surface area contributed by atoms with E-state index in [0.717, 1.165) is 39.1 Å². The van der Waals surface area contributed by atoms with Crippen molar-refractivity contribution in [2.24, 2.45) is 0 Å². The summed E-state index contributed by atoms with van der Waals surface area (Å²) in [5.41, 5.74) is 6.42. The Hall–Kier alpha value is -4.32. The highest BCUT2D eigenvalue weighted by Crippen LogP contribution is 2.31. The maximum atomic E-state index is 13.8. The fourth-order valence-corrected chi connectivity index (χ4v) is 4.29. The molecule has 3 aromatic carbocycles. The molecule has 0 bridgehead atoms. The van der Waals surface area contributed by atoms with Crippen molar-refractivity contribution in [2.75, 3.05) is 20.7 Å². The first-order chi connectivity index (χ1) is 17.9. The van der Waals surface area contributed by atoms with Gasteiger partial charge in [0, 0.05) is 25.4 Å². The van der Waals surface area contributed by atoms with Crippen molar-refractivity contribution in [3.8, 4) is 16.9 Å². The van der Waals surface area contributed by atoms with Gasteiger partial charge in [-0.3, -0.25) is 9.59 Å². The van der Waals surface area contributed by atoms with Crippen molar-refractivity contribution in [3.63, 3.8) is 0 Å². The number of carbonyl (C=O) groups excluding carboxylic acids is 2. The van der Waals surface area contributed by atoms with E-state index >= 15 is 0 Å². The van der Waals surface area contributed by atoms with Crippen LogP contribution in [0.3, 0.4) is 0 Å². The lowest BCUT2D eigenvalue weighted by Crippen LogP contribution is -2.34. The van der Waals surface area contributed by atoms with Crippen LogP contribution in [0.1, 0.15) is 32.7 Å². The molecule has 6 heteroatoms. The third-order valence-electron chi connectivity index (χ3n) is 6.28. The number of likely N-dealkylation sites (N-methyl/N-ethyl adjacent to an activating group) is 1. The van der Waals surface area contributed by atoms with E-state index in [-0.39, 0.29) is 19.1 Å². The van der Waals surface area contributed by atoms with Crippen molar-refractivity contribution in [1.82, 2.24) is 9.47 Å². The number of aromatic nitrogens is 1. The van der Waals surface area contributed by atoms with E-state index in [1.807, 2.05) is 103 Å². The molecule has 0 fully saturated rings. The van der Waals surface area contributed by atoms with Crippen LogP contribution in [0.5, 0.6) is 5.75 Å². The molecule has 1 amide bonds. The zero-order valence-electron chi connectivity index (χ0n) is 21.7. The molecule has 190 valence electrons. The number of nitrogens with zero attached hydrogens (tertiary/aromatic N) is 2. The lowest BCUT2D eigenvalue weighted by molar-refractivity contribution is -0.145. The molecule has 0 spiro atoms. The fourth-order valence-electron chi connectivity index (χ4n) is 4.29. The van der Waals surface area contributed by atoms with Crippen LogP contribution < -0.4 is 4.74 Å². The average Bonchev–Trinajstić information content (AvgIpc) is 3.23. The largest absolute Gasteiger partial charge is 0.497 e. The molecule has 0 aliphatic rings. The lowest BCUT2D eigenvalue weighted by atomic mass is 10.0. The molecule has 0 saturated heterocycles.